The molecule has 2 aromatic carbocycles. The van der Waals surface area contributed by atoms with E-state index in [1.54, 1.807) is 24.3 Å². The van der Waals surface area contributed by atoms with Crippen molar-refractivity contribution in [3.63, 3.8) is 0 Å². The fraction of sp³-hybridized carbons (Fsp3) is 0.417. The van der Waals surface area contributed by atoms with Crippen LogP contribution in [0.5, 0.6) is 0 Å². The maximum atomic E-state index is 12.6. The van der Waals surface area contributed by atoms with E-state index in [0.29, 0.717) is 24.3 Å². The lowest BCUT2D eigenvalue weighted by atomic mass is 10.0. The highest BCUT2D eigenvalue weighted by Crippen LogP contribution is 2.14. The molecule has 30 heavy (non-hydrogen) atoms. The number of piperazine rings is 1. The predicted octanol–water partition coefficient (Wildman–Crippen LogP) is 3.95. The third-order valence-corrected chi connectivity index (χ3v) is 5.64. The Bertz CT molecular complexity index is 841. The molecule has 1 saturated heterocycles. The summed E-state index contributed by atoms with van der Waals surface area (Å²) in [6, 6.07) is 17.3. The zero-order valence-corrected chi connectivity index (χ0v) is 18.1. The minimum absolute atomic E-state index is 0.0984. The summed E-state index contributed by atoms with van der Waals surface area (Å²) in [5.74, 6) is -0.103. The molecule has 0 atom stereocenters. The number of hydrogen-bond donors (Lipinski definition) is 2. The summed E-state index contributed by atoms with van der Waals surface area (Å²) in [4.78, 5) is 29.1. The molecule has 0 unspecified atom stereocenters. The fourth-order valence-electron chi connectivity index (χ4n) is 3.33. The molecule has 0 aliphatic carbocycles. The van der Waals surface area contributed by atoms with E-state index in [2.05, 4.69) is 39.8 Å². The second-order valence-corrected chi connectivity index (χ2v) is 8.45. The Kier molecular flexibility index (Phi) is 7.11. The van der Waals surface area contributed by atoms with E-state index >= 15 is 0 Å². The number of carbonyl (C=O) groups excluding carboxylic acids is 2. The van der Waals surface area contributed by atoms with Crippen molar-refractivity contribution in [3.8, 4) is 0 Å². The molecule has 2 aromatic rings. The Morgan fingerprint density at radius 3 is 2.17 bits per heavy atom. The largest absolute Gasteiger partial charge is 0.347 e. The number of nitrogens with zero attached hydrogens (tertiary/aromatic N) is 2. The Hall–Kier alpha value is -2.86. The van der Waals surface area contributed by atoms with Gasteiger partial charge in [0.2, 0.25) is 0 Å². The molecule has 1 heterocycles. The second kappa shape index (κ2) is 9.76. The van der Waals surface area contributed by atoms with Crippen molar-refractivity contribution >= 4 is 17.6 Å². The third-order valence-electron chi connectivity index (χ3n) is 5.64. The van der Waals surface area contributed by atoms with Crippen molar-refractivity contribution in [1.82, 2.24) is 15.1 Å². The maximum Gasteiger partial charge on any atom is 0.321 e. The Balaban J connectivity index is 1.47. The molecule has 0 radical (unpaired) electrons. The van der Waals surface area contributed by atoms with E-state index in [4.69, 9.17) is 0 Å². The highest BCUT2D eigenvalue weighted by molar-refractivity contribution is 5.96. The van der Waals surface area contributed by atoms with Crippen molar-refractivity contribution in [2.75, 3.05) is 31.5 Å². The lowest BCUT2D eigenvalue weighted by Crippen LogP contribution is -2.49. The highest BCUT2D eigenvalue weighted by Gasteiger charge is 2.22. The number of nitrogens with one attached hydrogen (secondary N) is 2. The summed E-state index contributed by atoms with van der Waals surface area (Å²) < 4.78 is 0. The average Bonchev–Trinajstić information content (AvgIpc) is 2.75. The van der Waals surface area contributed by atoms with Crippen LogP contribution in [0, 0.1) is 0 Å². The van der Waals surface area contributed by atoms with Crippen LogP contribution in [0.25, 0.3) is 0 Å². The summed E-state index contributed by atoms with van der Waals surface area (Å²) >= 11 is 0. The number of carbonyl (C=O) groups is 2. The van der Waals surface area contributed by atoms with Gasteiger partial charge in [0.1, 0.15) is 0 Å². The molecular formula is C24H32N4O2. The van der Waals surface area contributed by atoms with Crippen molar-refractivity contribution in [2.45, 2.75) is 39.3 Å². The minimum Gasteiger partial charge on any atom is -0.347 e. The molecule has 1 aliphatic heterocycles. The second-order valence-electron chi connectivity index (χ2n) is 8.45. The van der Waals surface area contributed by atoms with Gasteiger partial charge in [-0.15, -0.1) is 0 Å². The minimum atomic E-state index is -0.243. The average molecular weight is 409 g/mol. The topological polar surface area (TPSA) is 64.7 Å². The number of benzene rings is 2. The maximum absolute atomic E-state index is 12.6. The number of amides is 3. The number of anilines is 1. The first-order chi connectivity index (χ1) is 14.4. The van der Waals surface area contributed by atoms with Gasteiger partial charge in [-0.3, -0.25) is 9.69 Å². The van der Waals surface area contributed by atoms with Crippen molar-refractivity contribution < 1.29 is 9.59 Å². The Morgan fingerprint density at radius 1 is 0.933 bits per heavy atom. The number of hydrogen-bond acceptors (Lipinski definition) is 3. The van der Waals surface area contributed by atoms with Crippen LogP contribution in [0.1, 0.15) is 43.1 Å². The molecule has 1 aliphatic rings. The van der Waals surface area contributed by atoms with Gasteiger partial charge in [0.15, 0.2) is 0 Å². The van der Waals surface area contributed by atoms with Gasteiger partial charge in [0.25, 0.3) is 5.91 Å². The highest BCUT2D eigenvalue weighted by atomic mass is 16.2. The SMILES string of the molecule is CCC(C)(C)NC(=O)c1ccc(NC(=O)N2CCN(Cc3ccccc3)CC2)cc1. The molecular weight excluding hydrogens is 376 g/mol. The first-order valence-corrected chi connectivity index (χ1v) is 10.6. The quantitative estimate of drug-likeness (QED) is 0.761. The normalized spacial score (nSPS) is 15.0. The summed E-state index contributed by atoms with van der Waals surface area (Å²) in [5, 5.41) is 5.95. The molecule has 0 aromatic heterocycles. The summed E-state index contributed by atoms with van der Waals surface area (Å²) in [6.07, 6.45) is 0.853. The van der Waals surface area contributed by atoms with Crippen LogP contribution >= 0.6 is 0 Å². The van der Waals surface area contributed by atoms with E-state index in [9.17, 15) is 9.59 Å². The van der Waals surface area contributed by atoms with Crippen LogP contribution in [0.15, 0.2) is 54.6 Å². The molecule has 160 valence electrons. The van der Waals surface area contributed by atoms with Gasteiger partial charge in [-0.1, -0.05) is 37.3 Å². The summed E-state index contributed by atoms with van der Waals surface area (Å²) in [6.45, 7) is 10.1. The van der Waals surface area contributed by atoms with Crippen LogP contribution in [0.3, 0.4) is 0 Å². The lowest BCUT2D eigenvalue weighted by molar-refractivity contribution is 0.0911. The zero-order valence-electron chi connectivity index (χ0n) is 18.1. The van der Waals surface area contributed by atoms with Crippen molar-refractivity contribution in [3.05, 3.63) is 65.7 Å². The van der Waals surface area contributed by atoms with Crippen LogP contribution < -0.4 is 10.6 Å². The van der Waals surface area contributed by atoms with Gasteiger partial charge >= 0.3 is 6.03 Å². The fourth-order valence-corrected chi connectivity index (χ4v) is 3.33. The number of rotatable bonds is 6. The lowest BCUT2D eigenvalue weighted by Gasteiger charge is -2.34. The molecule has 2 N–H and O–H groups in total. The van der Waals surface area contributed by atoms with E-state index < -0.39 is 0 Å². The third kappa shape index (κ3) is 6.07. The van der Waals surface area contributed by atoms with E-state index in [1.165, 1.54) is 5.56 Å². The molecule has 1 fully saturated rings. The summed E-state index contributed by atoms with van der Waals surface area (Å²) in [7, 11) is 0. The predicted molar refractivity (Wildman–Crippen MR) is 121 cm³/mol. The first-order valence-electron chi connectivity index (χ1n) is 10.6. The molecule has 6 nitrogen and oxygen atoms in total. The molecule has 6 heteroatoms. The van der Waals surface area contributed by atoms with Crippen molar-refractivity contribution in [2.24, 2.45) is 0 Å². The van der Waals surface area contributed by atoms with Gasteiger partial charge in [0, 0.05) is 49.5 Å². The zero-order chi connectivity index (χ0) is 21.6. The van der Waals surface area contributed by atoms with Gasteiger partial charge in [-0.2, -0.15) is 0 Å². The molecule has 0 bridgehead atoms. The Morgan fingerprint density at radius 2 is 1.57 bits per heavy atom. The number of urea groups is 1. The molecule has 0 saturated carbocycles. The van der Waals surface area contributed by atoms with Gasteiger partial charge in [-0.05, 0) is 50.1 Å². The Labute approximate surface area is 179 Å². The molecule has 3 amide bonds. The van der Waals surface area contributed by atoms with Gasteiger partial charge in [-0.25, -0.2) is 4.79 Å². The van der Waals surface area contributed by atoms with Crippen LogP contribution in [0.2, 0.25) is 0 Å². The van der Waals surface area contributed by atoms with Crippen molar-refractivity contribution in [1.29, 1.82) is 0 Å². The van der Waals surface area contributed by atoms with Crippen LogP contribution in [0.4, 0.5) is 10.5 Å². The van der Waals surface area contributed by atoms with Gasteiger partial charge in [0.05, 0.1) is 0 Å². The van der Waals surface area contributed by atoms with Crippen LogP contribution in [-0.2, 0) is 6.54 Å². The van der Waals surface area contributed by atoms with E-state index in [1.807, 2.05) is 31.7 Å². The first kappa shape index (κ1) is 21.8. The molecule has 0 spiro atoms. The standard InChI is InChI=1S/C24H32N4O2/c1-4-24(2,3)26-22(29)20-10-12-21(13-11-20)25-23(30)28-16-14-27(15-17-28)18-19-8-6-5-7-9-19/h5-13H,4,14-18H2,1-3H3,(H,25,30)(H,26,29). The smallest absolute Gasteiger partial charge is 0.321 e. The van der Waals surface area contributed by atoms with Crippen LogP contribution in [-0.4, -0.2) is 53.5 Å². The van der Waals surface area contributed by atoms with Gasteiger partial charge < -0.3 is 15.5 Å². The summed E-state index contributed by atoms with van der Waals surface area (Å²) in [5.41, 5.74) is 2.33. The van der Waals surface area contributed by atoms with E-state index in [0.717, 1.165) is 26.1 Å². The molecule has 3 rings (SSSR count). The monoisotopic (exact) mass is 408 g/mol. The van der Waals surface area contributed by atoms with E-state index in [-0.39, 0.29) is 17.5 Å².